The molecule has 0 radical (unpaired) electrons. The summed E-state index contributed by atoms with van der Waals surface area (Å²) in [6.45, 7) is 5.20. The molecule has 16 heavy (non-hydrogen) atoms. The van der Waals surface area contributed by atoms with E-state index in [1.807, 2.05) is 0 Å². The van der Waals surface area contributed by atoms with Crippen molar-refractivity contribution in [1.82, 2.24) is 9.97 Å². The van der Waals surface area contributed by atoms with Gasteiger partial charge in [-0.1, -0.05) is 6.92 Å². The van der Waals surface area contributed by atoms with Crippen LogP contribution < -0.4 is 5.32 Å². The lowest BCUT2D eigenvalue weighted by molar-refractivity contribution is 0.807. The van der Waals surface area contributed by atoms with E-state index in [2.05, 4.69) is 46.7 Å². The van der Waals surface area contributed by atoms with Crippen LogP contribution in [0.15, 0.2) is 0 Å². The Morgan fingerprint density at radius 1 is 1.31 bits per heavy atom. The van der Waals surface area contributed by atoms with Gasteiger partial charge in [-0.2, -0.15) is 0 Å². The van der Waals surface area contributed by atoms with Crippen LogP contribution in [0.2, 0.25) is 0 Å². The predicted molar refractivity (Wildman–Crippen MR) is 74.9 cm³/mol. The molecule has 0 bridgehead atoms. The number of aryl methyl sites for hydroxylation is 1. The minimum atomic E-state index is 0.697. The Balaban J connectivity index is 2.34. The summed E-state index contributed by atoms with van der Waals surface area (Å²) in [5.41, 5.74) is 1.27. The van der Waals surface area contributed by atoms with E-state index < -0.39 is 0 Å². The standard InChI is InChI=1S/C12H18IN3/c1-3-5-9-15-11(8-6-7-8)10(13)12(16-9)14-4-2/h8H,3-7H2,1-2H3,(H,14,15,16). The number of nitrogens with zero attached hydrogens (tertiary/aromatic N) is 2. The van der Waals surface area contributed by atoms with Crippen molar-refractivity contribution in [2.24, 2.45) is 0 Å². The molecule has 0 spiro atoms. The lowest BCUT2D eigenvalue weighted by Crippen LogP contribution is -2.09. The fraction of sp³-hybridized carbons (Fsp3) is 0.667. The Kier molecular flexibility index (Phi) is 4.00. The molecule has 1 N–H and O–H groups in total. The fourth-order valence-corrected chi connectivity index (χ4v) is 2.63. The van der Waals surface area contributed by atoms with Crippen LogP contribution in [0, 0.1) is 3.57 Å². The Labute approximate surface area is 111 Å². The van der Waals surface area contributed by atoms with E-state index in [4.69, 9.17) is 4.98 Å². The predicted octanol–water partition coefficient (Wildman–Crippen LogP) is 3.34. The van der Waals surface area contributed by atoms with Crippen LogP contribution >= 0.6 is 22.6 Å². The molecule has 2 rings (SSSR count). The van der Waals surface area contributed by atoms with Crippen molar-refractivity contribution >= 4 is 28.4 Å². The topological polar surface area (TPSA) is 37.8 Å². The molecule has 1 heterocycles. The fourth-order valence-electron chi connectivity index (χ4n) is 1.76. The van der Waals surface area contributed by atoms with Crippen LogP contribution in [0.1, 0.15) is 50.5 Å². The van der Waals surface area contributed by atoms with E-state index in [1.54, 1.807) is 0 Å². The van der Waals surface area contributed by atoms with Crippen molar-refractivity contribution in [3.05, 3.63) is 15.1 Å². The molecule has 4 heteroatoms. The number of hydrogen-bond acceptors (Lipinski definition) is 3. The number of rotatable bonds is 5. The van der Waals surface area contributed by atoms with E-state index >= 15 is 0 Å². The summed E-state index contributed by atoms with van der Waals surface area (Å²) in [5, 5.41) is 3.34. The van der Waals surface area contributed by atoms with E-state index in [0.29, 0.717) is 5.92 Å². The summed E-state index contributed by atoms with van der Waals surface area (Å²) in [4.78, 5) is 9.30. The van der Waals surface area contributed by atoms with Crippen molar-refractivity contribution in [3.63, 3.8) is 0 Å². The molecule has 0 saturated heterocycles. The zero-order valence-corrected chi connectivity index (χ0v) is 12.0. The molecule has 0 aliphatic heterocycles. The Morgan fingerprint density at radius 2 is 2.06 bits per heavy atom. The number of aromatic nitrogens is 2. The van der Waals surface area contributed by atoms with Gasteiger partial charge in [0, 0.05) is 18.9 Å². The Hall–Kier alpha value is -0.390. The second-order valence-corrected chi connectivity index (χ2v) is 5.32. The maximum atomic E-state index is 4.71. The van der Waals surface area contributed by atoms with Crippen molar-refractivity contribution in [1.29, 1.82) is 0 Å². The van der Waals surface area contributed by atoms with E-state index in [1.165, 1.54) is 22.1 Å². The monoisotopic (exact) mass is 331 g/mol. The van der Waals surface area contributed by atoms with Crippen LogP contribution in [0.4, 0.5) is 5.82 Å². The Morgan fingerprint density at radius 3 is 2.62 bits per heavy atom. The summed E-state index contributed by atoms with van der Waals surface area (Å²) in [6.07, 6.45) is 4.68. The van der Waals surface area contributed by atoms with Crippen LogP contribution in [-0.2, 0) is 6.42 Å². The van der Waals surface area contributed by atoms with Gasteiger partial charge in [0.25, 0.3) is 0 Å². The summed E-state index contributed by atoms with van der Waals surface area (Å²) >= 11 is 2.38. The zero-order chi connectivity index (χ0) is 11.5. The van der Waals surface area contributed by atoms with E-state index in [-0.39, 0.29) is 0 Å². The molecule has 1 fully saturated rings. The summed E-state index contributed by atoms with van der Waals surface area (Å²) in [7, 11) is 0. The van der Waals surface area contributed by atoms with Crippen LogP contribution in [0.25, 0.3) is 0 Å². The lowest BCUT2D eigenvalue weighted by atomic mass is 10.2. The smallest absolute Gasteiger partial charge is 0.143 e. The van der Waals surface area contributed by atoms with Gasteiger partial charge in [0.05, 0.1) is 9.26 Å². The summed E-state index contributed by atoms with van der Waals surface area (Å²) in [6, 6.07) is 0. The highest BCUT2D eigenvalue weighted by Crippen LogP contribution is 2.42. The minimum Gasteiger partial charge on any atom is -0.369 e. The quantitative estimate of drug-likeness (QED) is 0.841. The van der Waals surface area contributed by atoms with Crippen molar-refractivity contribution in [3.8, 4) is 0 Å². The maximum absolute atomic E-state index is 4.71. The van der Waals surface area contributed by atoms with E-state index in [9.17, 15) is 0 Å². The zero-order valence-electron chi connectivity index (χ0n) is 9.89. The van der Waals surface area contributed by atoms with Gasteiger partial charge in [-0.3, -0.25) is 0 Å². The third kappa shape index (κ3) is 2.64. The minimum absolute atomic E-state index is 0.697. The second-order valence-electron chi connectivity index (χ2n) is 4.24. The molecule has 0 unspecified atom stereocenters. The highest BCUT2D eigenvalue weighted by Gasteiger charge is 2.29. The van der Waals surface area contributed by atoms with Crippen LogP contribution in [-0.4, -0.2) is 16.5 Å². The molecule has 1 aliphatic carbocycles. The first-order valence-corrected chi connectivity index (χ1v) is 7.14. The first-order chi connectivity index (χ1) is 7.76. The molecule has 88 valence electrons. The maximum Gasteiger partial charge on any atom is 0.143 e. The van der Waals surface area contributed by atoms with Crippen molar-refractivity contribution < 1.29 is 0 Å². The molecule has 1 aliphatic rings. The van der Waals surface area contributed by atoms with Gasteiger partial charge in [-0.15, -0.1) is 0 Å². The van der Waals surface area contributed by atoms with Crippen LogP contribution in [0.3, 0.4) is 0 Å². The van der Waals surface area contributed by atoms with Crippen LogP contribution in [0.5, 0.6) is 0 Å². The van der Waals surface area contributed by atoms with Gasteiger partial charge < -0.3 is 5.32 Å². The molecule has 3 nitrogen and oxygen atoms in total. The molecule has 1 saturated carbocycles. The average Bonchev–Trinajstić information content (AvgIpc) is 3.07. The molecule has 0 aromatic carbocycles. The second kappa shape index (κ2) is 5.29. The molecule has 1 aromatic heterocycles. The normalized spacial score (nSPS) is 15.2. The number of anilines is 1. The molecular formula is C12H18IN3. The van der Waals surface area contributed by atoms with Gasteiger partial charge in [0.2, 0.25) is 0 Å². The highest BCUT2D eigenvalue weighted by atomic mass is 127. The van der Waals surface area contributed by atoms with Crippen molar-refractivity contribution in [2.75, 3.05) is 11.9 Å². The number of halogens is 1. The van der Waals surface area contributed by atoms with E-state index in [0.717, 1.165) is 31.0 Å². The molecule has 1 aromatic rings. The largest absolute Gasteiger partial charge is 0.369 e. The van der Waals surface area contributed by atoms with Gasteiger partial charge in [0.1, 0.15) is 11.6 Å². The van der Waals surface area contributed by atoms with Gasteiger partial charge in [-0.25, -0.2) is 9.97 Å². The summed E-state index contributed by atoms with van der Waals surface area (Å²) in [5.74, 6) is 2.73. The summed E-state index contributed by atoms with van der Waals surface area (Å²) < 4.78 is 1.22. The number of hydrogen-bond donors (Lipinski definition) is 1. The SMILES string of the molecule is CCCc1nc(NCC)c(I)c(C2CC2)n1. The highest BCUT2D eigenvalue weighted by molar-refractivity contribution is 14.1. The Bertz CT molecular complexity index is 375. The first-order valence-electron chi connectivity index (χ1n) is 6.06. The first kappa shape index (κ1) is 12.1. The van der Waals surface area contributed by atoms with Gasteiger partial charge in [-0.05, 0) is 48.8 Å². The average molecular weight is 331 g/mol. The van der Waals surface area contributed by atoms with Gasteiger partial charge >= 0.3 is 0 Å². The number of nitrogens with one attached hydrogen (secondary N) is 1. The molecular weight excluding hydrogens is 313 g/mol. The lowest BCUT2D eigenvalue weighted by Gasteiger charge is -2.11. The van der Waals surface area contributed by atoms with Gasteiger partial charge in [0.15, 0.2) is 0 Å². The molecule has 0 amide bonds. The van der Waals surface area contributed by atoms with Crippen molar-refractivity contribution in [2.45, 2.75) is 45.4 Å². The molecule has 0 atom stereocenters. The third-order valence-electron chi connectivity index (χ3n) is 2.71. The third-order valence-corrected chi connectivity index (χ3v) is 3.77.